The van der Waals surface area contributed by atoms with Crippen LogP contribution in [0.15, 0.2) is 71.3 Å². The first-order valence-corrected chi connectivity index (χ1v) is 9.49. The Balaban J connectivity index is 1.88. The van der Waals surface area contributed by atoms with Crippen LogP contribution in [0.25, 0.3) is 33.5 Å². The summed E-state index contributed by atoms with van der Waals surface area (Å²) in [5, 5.41) is 10.1. The minimum absolute atomic E-state index is 0.235. The Hall–Kier alpha value is -3.60. The van der Waals surface area contributed by atoms with Crippen LogP contribution in [0.4, 0.5) is 5.69 Å². The maximum atomic E-state index is 11.4. The van der Waals surface area contributed by atoms with Crippen LogP contribution in [-0.2, 0) is 0 Å². The molecule has 0 aliphatic rings. The van der Waals surface area contributed by atoms with Crippen molar-refractivity contribution in [1.29, 1.82) is 0 Å². The zero-order chi connectivity index (χ0) is 20.5. The van der Waals surface area contributed by atoms with Gasteiger partial charge in [0.05, 0.1) is 23.0 Å². The number of aromatic nitrogens is 1. The molecule has 0 unspecified atom stereocenters. The number of carboxylic acids is 1. The van der Waals surface area contributed by atoms with E-state index in [-0.39, 0.29) is 11.6 Å². The van der Waals surface area contributed by atoms with Crippen LogP contribution in [0.2, 0.25) is 0 Å². The minimum atomic E-state index is -0.951. The Morgan fingerprint density at radius 1 is 1.03 bits per heavy atom. The van der Waals surface area contributed by atoms with Gasteiger partial charge in [-0.3, -0.25) is 0 Å². The van der Waals surface area contributed by atoms with Crippen LogP contribution < -0.4 is 4.90 Å². The van der Waals surface area contributed by atoms with Crippen molar-refractivity contribution in [3.63, 3.8) is 0 Å². The summed E-state index contributed by atoms with van der Waals surface area (Å²) in [6, 6.07) is 19.2. The summed E-state index contributed by atoms with van der Waals surface area (Å²) in [7, 11) is 2.00. The molecule has 0 radical (unpaired) electrons. The van der Waals surface area contributed by atoms with E-state index in [4.69, 9.17) is 9.40 Å². The van der Waals surface area contributed by atoms with E-state index in [0.717, 1.165) is 33.4 Å². The molecule has 29 heavy (non-hydrogen) atoms. The predicted molar refractivity (Wildman–Crippen MR) is 115 cm³/mol. The van der Waals surface area contributed by atoms with E-state index in [1.165, 1.54) is 0 Å². The van der Waals surface area contributed by atoms with E-state index in [1.807, 2.05) is 49.5 Å². The van der Waals surface area contributed by atoms with E-state index in [2.05, 4.69) is 18.7 Å². The Morgan fingerprint density at radius 3 is 2.48 bits per heavy atom. The molecule has 0 aliphatic heterocycles. The van der Waals surface area contributed by atoms with Crippen LogP contribution >= 0.6 is 0 Å². The molecule has 5 nitrogen and oxygen atoms in total. The Kier molecular flexibility index (Phi) is 4.80. The van der Waals surface area contributed by atoms with Crippen molar-refractivity contribution >= 4 is 22.6 Å². The molecule has 5 heteroatoms. The number of aromatic carboxylic acids is 1. The zero-order valence-corrected chi connectivity index (χ0v) is 16.6. The number of hydrogen-bond donors (Lipinski definition) is 1. The molecule has 0 saturated carbocycles. The zero-order valence-electron chi connectivity index (χ0n) is 16.6. The Labute approximate surface area is 169 Å². The smallest absolute Gasteiger partial charge is 0.335 e. The van der Waals surface area contributed by atoms with Crippen molar-refractivity contribution in [2.45, 2.75) is 19.9 Å². The number of anilines is 1. The van der Waals surface area contributed by atoms with Crippen LogP contribution in [0, 0.1) is 0 Å². The lowest BCUT2D eigenvalue weighted by Gasteiger charge is -2.25. The number of fused-ring (bicyclic) bond motifs is 1. The fourth-order valence-corrected chi connectivity index (χ4v) is 3.27. The number of nitrogens with zero attached hydrogens (tertiary/aromatic N) is 2. The van der Waals surface area contributed by atoms with Crippen molar-refractivity contribution in [2.75, 3.05) is 11.9 Å². The van der Waals surface area contributed by atoms with Crippen LogP contribution in [-0.4, -0.2) is 29.1 Å². The number of rotatable bonds is 5. The van der Waals surface area contributed by atoms with E-state index in [0.29, 0.717) is 5.76 Å². The monoisotopic (exact) mass is 386 g/mol. The van der Waals surface area contributed by atoms with Gasteiger partial charge < -0.3 is 14.4 Å². The molecule has 2 heterocycles. The Morgan fingerprint density at radius 2 is 1.79 bits per heavy atom. The molecule has 146 valence electrons. The molecule has 2 aromatic carbocycles. The molecule has 0 fully saturated rings. The second-order valence-corrected chi connectivity index (χ2v) is 7.34. The van der Waals surface area contributed by atoms with Gasteiger partial charge in [-0.1, -0.05) is 30.3 Å². The summed E-state index contributed by atoms with van der Waals surface area (Å²) >= 11 is 0. The van der Waals surface area contributed by atoms with E-state index in [9.17, 15) is 9.90 Å². The predicted octanol–water partition coefficient (Wildman–Crippen LogP) is 5.70. The first-order valence-electron chi connectivity index (χ1n) is 9.49. The third kappa shape index (κ3) is 3.59. The number of benzene rings is 2. The standard InChI is InChI=1S/C24H22N2O3/c1-15(2)26(3)21-12-18-11-17(24(27)28)9-10-20(18)25-23(21)22-13-19(14-29-22)16-7-5-4-6-8-16/h4-15H,1-3H3,(H,27,28). The van der Waals surface area contributed by atoms with Gasteiger partial charge >= 0.3 is 5.97 Å². The van der Waals surface area contributed by atoms with Crippen molar-refractivity contribution in [1.82, 2.24) is 4.98 Å². The average molecular weight is 386 g/mol. The number of carboxylic acid groups (broad SMARTS) is 1. The summed E-state index contributed by atoms with van der Waals surface area (Å²) in [6.45, 7) is 4.19. The lowest BCUT2D eigenvalue weighted by Crippen LogP contribution is -2.26. The van der Waals surface area contributed by atoms with Gasteiger partial charge in [0, 0.05) is 24.0 Å². The summed E-state index contributed by atoms with van der Waals surface area (Å²) < 4.78 is 5.90. The number of furan rings is 1. The van der Waals surface area contributed by atoms with E-state index >= 15 is 0 Å². The second kappa shape index (κ2) is 7.43. The van der Waals surface area contributed by atoms with Gasteiger partial charge in [-0.05, 0) is 49.7 Å². The highest BCUT2D eigenvalue weighted by Crippen LogP contribution is 2.36. The van der Waals surface area contributed by atoms with Crippen molar-refractivity contribution in [3.8, 4) is 22.6 Å². The van der Waals surface area contributed by atoms with Gasteiger partial charge in [-0.2, -0.15) is 0 Å². The molecule has 4 rings (SSSR count). The molecule has 0 atom stereocenters. The molecule has 0 bridgehead atoms. The maximum Gasteiger partial charge on any atom is 0.335 e. The third-order valence-electron chi connectivity index (χ3n) is 5.14. The van der Waals surface area contributed by atoms with E-state index < -0.39 is 5.97 Å². The molecular formula is C24H22N2O3. The molecule has 0 amide bonds. The topological polar surface area (TPSA) is 66.6 Å². The highest BCUT2D eigenvalue weighted by atomic mass is 16.4. The quantitative estimate of drug-likeness (QED) is 0.476. The highest BCUT2D eigenvalue weighted by Gasteiger charge is 2.19. The van der Waals surface area contributed by atoms with Crippen LogP contribution in [0.5, 0.6) is 0 Å². The molecule has 1 N–H and O–H groups in total. The SMILES string of the molecule is CC(C)N(C)c1cc2cc(C(=O)O)ccc2nc1-c1cc(-c2ccccc2)co1. The van der Waals surface area contributed by atoms with Gasteiger partial charge in [-0.25, -0.2) is 9.78 Å². The van der Waals surface area contributed by atoms with Gasteiger partial charge in [0.1, 0.15) is 5.69 Å². The summed E-state index contributed by atoms with van der Waals surface area (Å²) in [6.07, 6.45) is 1.74. The molecule has 0 aliphatic carbocycles. The fraction of sp³-hybridized carbons (Fsp3) is 0.167. The first-order chi connectivity index (χ1) is 13.9. The molecule has 0 spiro atoms. The molecular weight excluding hydrogens is 364 g/mol. The van der Waals surface area contributed by atoms with Crippen molar-refractivity contribution in [2.24, 2.45) is 0 Å². The fourth-order valence-electron chi connectivity index (χ4n) is 3.27. The average Bonchev–Trinajstić information content (AvgIpc) is 3.22. The first kappa shape index (κ1) is 18.7. The summed E-state index contributed by atoms with van der Waals surface area (Å²) in [5.74, 6) is -0.274. The molecule has 2 aromatic heterocycles. The Bertz CT molecular complexity index is 1180. The van der Waals surface area contributed by atoms with Gasteiger partial charge in [-0.15, -0.1) is 0 Å². The molecule has 0 saturated heterocycles. The normalized spacial score (nSPS) is 11.2. The molecule has 4 aromatic rings. The van der Waals surface area contributed by atoms with Gasteiger partial charge in [0.25, 0.3) is 0 Å². The van der Waals surface area contributed by atoms with E-state index in [1.54, 1.807) is 24.5 Å². The number of carbonyl (C=O) groups is 1. The van der Waals surface area contributed by atoms with Gasteiger partial charge in [0.2, 0.25) is 0 Å². The maximum absolute atomic E-state index is 11.4. The largest absolute Gasteiger partial charge is 0.478 e. The number of pyridine rings is 1. The second-order valence-electron chi connectivity index (χ2n) is 7.34. The summed E-state index contributed by atoms with van der Waals surface area (Å²) in [4.78, 5) is 18.3. The van der Waals surface area contributed by atoms with Crippen molar-refractivity contribution in [3.05, 3.63) is 72.5 Å². The minimum Gasteiger partial charge on any atom is -0.478 e. The van der Waals surface area contributed by atoms with Crippen LogP contribution in [0.1, 0.15) is 24.2 Å². The third-order valence-corrected chi connectivity index (χ3v) is 5.14. The van der Waals surface area contributed by atoms with Crippen molar-refractivity contribution < 1.29 is 14.3 Å². The van der Waals surface area contributed by atoms with Crippen LogP contribution in [0.3, 0.4) is 0 Å². The summed E-state index contributed by atoms with van der Waals surface area (Å²) in [5.41, 5.74) is 4.66. The van der Waals surface area contributed by atoms with Gasteiger partial charge in [0.15, 0.2) is 5.76 Å². The number of hydrogen-bond acceptors (Lipinski definition) is 4. The lowest BCUT2D eigenvalue weighted by molar-refractivity contribution is 0.0697. The lowest BCUT2D eigenvalue weighted by atomic mass is 10.1. The highest BCUT2D eigenvalue weighted by molar-refractivity contribution is 5.96.